The molecule has 2 aliphatic rings. The molecule has 0 spiro atoms. The summed E-state index contributed by atoms with van der Waals surface area (Å²) >= 11 is 0. The Labute approximate surface area is 82.1 Å². The Bertz CT molecular complexity index is 267. The molecule has 2 aliphatic heterocycles. The second-order valence-corrected chi connectivity index (χ2v) is 3.89. The zero-order valence-electron chi connectivity index (χ0n) is 7.90. The maximum absolute atomic E-state index is 11.7. The Hall–Kier alpha value is -1.10. The molecule has 0 bridgehead atoms. The Kier molecular flexibility index (Phi) is 2.41. The number of hydrogen-bond donors (Lipinski definition) is 2. The number of amides is 2. The number of β-amino-alcohol motifs (C(OH)–C–C–N with tert-alkyl or cyclic N) is 1. The van der Waals surface area contributed by atoms with Gasteiger partial charge < -0.3 is 15.3 Å². The average molecular weight is 198 g/mol. The highest BCUT2D eigenvalue weighted by molar-refractivity contribution is 5.90. The number of carbonyl (C=O) groups excluding carboxylic acids is 2. The molecule has 0 saturated carbocycles. The Morgan fingerprint density at radius 3 is 2.79 bits per heavy atom. The third-order valence-corrected chi connectivity index (χ3v) is 2.77. The lowest BCUT2D eigenvalue weighted by Gasteiger charge is -2.19. The summed E-state index contributed by atoms with van der Waals surface area (Å²) in [5.41, 5.74) is 0. The Morgan fingerprint density at radius 1 is 1.50 bits per heavy atom. The van der Waals surface area contributed by atoms with Crippen molar-refractivity contribution in [2.24, 2.45) is 0 Å². The molecule has 0 aromatic rings. The first-order chi connectivity index (χ1) is 6.66. The van der Waals surface area contributed by atoms with Gasteiger partial charge in [0.05, 0.1) is 6.10 Å². The molecule has 5 heteroatoms. The van der Waals surface area contributed by atoms with Crippen LogP contribution in [-0.4, -0.2) is 47.1 Å². The van der Waals surface area contributed by atoms with Crippen molar-refractivity contribution in [3.05, 3.63) is 0 Å². The number of nitrogens with one attached hydrogen (secondary N) is 1. The second kappa shape index (κ2) is 3.57. The quantitative estimate of drug-likeness (QED) is 0.559. The summed E-state index contributed by atoms with van der Waals surface area (Å²) in [7, 11) is 0. The zero-order valence-corrected chi connectivity index (χ0v) is 7.90. The molecule has 2 rings (SSSR count). The van der Waals surface area contributed by atoms with Crippen LogP contribution in [0.4, 0.5) is 0 Å². The van der Waals surface area contributed by atoms with Gasteiger partial charge in [-0.15, -0.1) is 0 Å². The van der Waals surface area contributed by atoms with Gasteiger partial charge in [-0.3, -0.25) is 9.59 Å². The number of carbonyl (C=O) groups is 2. The summed E-state index contributed by atoms with van der Waals surface area (Å²) in [6, 6.07) is -0.354. The predicted molar refractivity (Wildman–Crippen MR) is 48.4 cm³/mol. The van der Waals surface area contributed by atoms with Gasteiger partial charge in [-0.05, 0) is 12.8 Å². The molecule has 0 unspecified atom stereocenters. The van der Waals surface area contributed by atoms with E-state index >= 15 is 0 Å². The third-order valence-electron chi connectivity index (χ3n) is 2.77. The van der Waals surface area contributed by atoms with Gasteiger partial charge in [0.25, 0.3) is 0 Å². The molecule has 0 aromatic heterocycles. The Morgan fingerprint density at radius 2 is 2.29 bits per heavy atom. The molecule has 0 radical (unpaired) electrons. The lowest BCUT2D eigenvalue weighted by molar-refractivity contribution is -0.133. The SMILES string of the molecule is O=C1CC[C@@H](C(=O)N2CC[C@H](O)C2)N1. The van der Waals surface area contributed by atoms with Crippen molar-refractivity contribution in [2.75, 3.05) is 13.1 Å². The van der Waals surface area contributed by atoms with Gasteiger partial charge >= 0.3 is 0 Å². The summed E-state index contributed by atoms with van der Waals surface area (Å²) in [4.78, 5) is 24.3. The minimum Gasteiger partial charge on any atom is -0.391 e. The maximum Gasteiger partial charge on any atom is 0.245 e. The highest BCUT2D eigenvalue weighted by Crippen LogP contribution is 2.14. The van der Waals surface area contributed by atoms with Gasteiger partial charge in [0, 0.05) is 19.5 Å². The van der Waals surface area contributed by atoms with Crippen LogP contribution in [-0.2, 0) is 9.59 Å². The molecular weight excluding hydrogens is 184 g/mol. The maximum atomic E-state index is 11.7. The van der Waals surface area contributed by atoms with E-state index in [0.29, 0.717) is 32.4 Å². The number of likely N-dealkylation sites (tertiary alicyclic amines) is 1. The van der Waals surface area contributed by atoms with Crippen molar-refractivity contribution in [3.63, 3.8) is 0 Å². The number of aliphatic hydroxyl groups is 1. The fraction of sp³-hybridized carbons (Fsp3) is 0.778. The summed E-state index contributed by atoms with van der Waals surface area (Å²) in [6.45, 7) is 1.01. The van der Waals surface area contributed by atoms with E-state index in [-0.39, 0.29) is 17.9 Å². The third kappa shape index (κ3) is 1.72. The molecule has 14 heavy (non-hydrogen) atoms. The predicted octanol–water partition coefficient (Wildman–Crippen LogP) is -1.14. The van der Waals surface area contributed by atoms with Crippen LogP contribution < -0.4 is 5.32 Å². The van der Waals surface area contributed by atoms with Crippen LogP contribution >= 0.6 is 0 Å². The van der Waals surface area contributed by atoms with Crippen LogP contribution in [0.25, 0.3) is 0 Å². The molecular formula is C9H14N2O3. The summed E-state index contributed by atoms with van der Waals surface area (Å²) in [5.74, 6) is -0.101. The lowest BCUT2D eigenvalue weighted by Crippen LogP contribution is -2.43. The molecule has 0 aliphatic carbocycles. The van der Waals surface area contributed by atoms with Crippen molar-refractivity contribution in [1.29, 1.82) is 0 Å². The van der Waals surface area contributed by atoms with Crippen molar-refractivity contribution in [3.8, 4) is 0 Å². The van der Waals surface area contributed by atoms with E-state index in [1.54, 1.807) is 4.90 Å². The second-order valence-electron chi connectivity index (χ2n) is 3.89. The van der Waals surface area contributed by atoms with Gasteiger partial charge in [0.1, 0.15) is 6.04 Å². The minimum atomic E-state index is -0.393. The molecule has 2 amide bonds. The smallest absolute Gasteiger partial charge is 0.245 e. The first kappa shape index (κ1) is 9.45. The van der Waals surface area contributed by atoms with E-state index in [4.69, 9.17) is 0 Å². The molecule has 2 N–H and O–H groups in total. The van der Waals surface area contributed by atoms with Crippen LogP contribution in [0.3, 0.4) is 0 Å². The molecule has 2 heterocycles. The van der Waals surface area contributed by atoms with Crippen LogP contribution in [0.5, 0.6) is 0 Å². The van der Waals surface area contributed by atoms with Gasteiger partial charge in [-0.2, -0.15) is 0 Å². The monoisotopic (exact) mass is 198 g/mol. The summed E-state index contributed by atoms with van der Waals surface area (Å²) < 4.78 is 0. The fourth-order valence-electron chi connectivity index (χ4n) is 1.96. The number of nitrogens with zero attached hydrogens (tertiary/aromatic N) is 1. The van der Waals surface area contributed by atoms with Crippen LogP contribution in [0, 0.1) is 0 Å². The van der Waals surface area contributed by atoms with Crippen molar-refractivity contribution in [2.45, 2.75) is 31.4 Å². The largest absolute Gasteiger partial charge is 0.391 e. The molecule has 78 valence electrons. The van der Waals surface area contributed by atoms with Gasteiger partial charge in [-0.1, -0.05) is 0 Å². The molecule has 5 nitrogen and oxygen atoms in total. The zero-order chi connectivity index (χ0) is 10.1. The van der Waals surface area contributed by atoms with E-state index in [2.05, 4.69) is 5.32 Å². The van der Waals surface area contributed by atoms with Crippen LogP contribution in [0.15, 0.2) is 0 Å². The highest BCUT2D eigenvalue weighted by atomic mass is 16.3. The highest BCUT2D eigenvalue weighted by Gasteiger charge is 2.33. The first-order valence-electron chi connectivity index (χ1n) is 4.93. The van der Waals surface area contributed by atoms with E-state index < -0.39 is 6.10 Å². The van der Waals surface area contributed by atoms with Crippen molar-refractivity contribution < 1.29 is 14.7 Å². The minimum absolute atomic E-state index is 0.0487. The van der Waals surface area contributed by atoms with E-state index in [1.165, 1.54) is 0 Å². The van der Waals surface area contributed by atoms with Gasteiger partial charge in [0.15, 0.2) is 0 Å². The molecule has 2 atom stereocenters. The van der Waals surface area contributed by atoms with E-state index in [1.807, 2.05) is 0 Å². The molecule has 2 saturated heterocycles. The van der Waals surface area contributed by atoms with Gasteiger partial charge in [-0.25, -0.2) is 0 Å². The topological polar surface area (TPSA) is 69.6 Å². The standard InChI is InChI=1S/C9H14N2O3/c12-6-3-4-11(5-6)9(14)7-1-2-8(13)10-7/h6-7,12H,1-5H2,(H,10,13)/t6-,7-/m0/s1. The van der Waals surface area contributed by atoms with Gasteiger partial charge in [0.2, 0.25) is 11.8 Å². The van der Waals surface area contributed by atoms with Crippen molar-refractivity contribution >= 4 is 11.8 Å². The lowest BCUT2D eigenvalue weighted by atomic mass is 10.2. The van der Waals surface area contributed by atoms with Crippen LogP contribution in [0.1, 0.15) is 19.3 Å². The Balaban J connectivity index is 1.92. The van der Waals surface area contributed by atoms with Crippen molar-refractivity contribution in [1.82, 2.24) is 10.2 Å². The number of hydrogen-bond acceptors (Lipinski definition) is 3. The molecule has 0 aromatic carbocycles. The summed E-state index contributed by atoms with van der Waals surface area (Å²) in [5, 5.41) is 11.9. The van der Waals surface area contributed by atoms with E-state index in [0.717, 1.165) is 0 Å². The molecule has 2 fully saturated rings. The summed E-state index contributed by atoms with van der Waals surface area (Å²) in [6.07, 6.45) is 1.28. The normalized spacial score (nSPS) is 32.1. The van der Waals surface area contributed by atoms with E-state index in [9.17, 15) is 14.7 Å². The number of aliphatic hydroxyl groups excluding tert-OH is 1. The first-order valence-corrected chi connectivity index (χ1v) is 4.93. The van der Waals surface area contributed by atoms with Crippen LogP contribution in [0.2, 0.25) is 0 Å². The average Bonchev–Trinajstić information content (AvgIpc) is 2.73. The number of rotatable bonds is 1. The fourth-order valence-corrected chi connectivity index (χ4v) is 1.96.